The maximum Gasteiger partial charge on any atom is 0.573 e. The zero-order valence-corrected chi connectivity index (χ0v) is 27.4. The zero-order valence-electron chi connectivity index (χ0n) is 25.0. The Bertz CT molecular complexity index is 1840. The summed E-state index contributed by atoms with van der Waals surface area (Å²) < 4.78 is 86.1. The van der Waals surface area contributed by atoms with E-state index in [1.54, 1.807) is 12.1 Å². The molecule has 4 aromatic rings. The summed E-state index contributed by atoms with van der Waals surface area (Å²) in [7, 11) is 0. The molecule has 1 aliphatic rings. The minimum absolute atomic E-state index is 0.000505. The number of hydrogen-bond donors (Lipinski definition) is 2. The Kier molecular flexibility index (Phi) is 11.0. The van der Waals surface area contributed by atoms with Gasteiger partial charge in [-0.25, -0.2) is 15.1 Å². The summed E-state index contributed by atoms with van der Waals surface area (Å²) in [5.41, 5.74) is 7.96. The van der Waals surface area contributed by atoms with Crippen molar-refractivity contribution in [2.45, 2.75) is 31.9 Å². The lowest BCUT2D eigenvalue weighted by Gasteiger charge is -2.21. The van der Waals surface area contributed by atoms with Crippen molar-refractivity contribution in [1.29, 1.82) is 0 Å². The molecule has 2 heterocycles. The third-order valence-electron chi connectivity index (χ3n) is 6.68. The molecule has 2 N–H and O–H groups in total. The number of ether oxygens (including phenoxy) is 2. The number of hydrogen-bond acceptors (Lipinski definition) is 8. The van der Waals surface area contributed by atoms with Crippen molar-refractivity contribution in [3.05, 3.63) is 83.6 Å². The summed E-state index contributed by atoms with van der Waals surface area (Å²) in [6.07, 6.45) is -7.33. The van der Waals surface area contributed by atoms with Crippen LogP contribution in [-0.4, -0.2) is 55.9 Å². The minimum atomic E-state index is -4.79. The van der Waals surface area contributed by atoms with Gasteiger partial charge in [-0.3, -0.25) is 15.1 Å². The summed E-state index contributed by atoms with van der Waals surface area (Å²) in [6.45, 7) is 0.374. The Balaban J connectivity index is 1.23. The third kappa shape index (κ3) is 9.62. The van der Waals surface area contributed by atoms with E-state index >= 15 is 0 Å². The molecule has 0 saturated carbocycles. The maximum absolute atomic E-state index is 12.8. The zero-order chi connectivity index (χ0) is 35.3. The van der Waals surface area contributed by atoms with Gasteiger partial charge in [0.25, 0.3) is 0 Å². The van der Waals surface area contributed by atoms with Gasteiger partial charge < -0.3 is 9.47 Å². The Hall–Kier alpha value is -4.39. The van der Waals surface area contributed by atoms with Gasteiger partial charge in [0, 0.05) is 10.6 Å². The topological polar surface area (TPSA) is 106 Å². The molecule has 3 aromatic carbocycles. The first-order valence-electron chi connectivity index (χ1n) is 14.2. The number of thiocarbonyl (C=S) groups is 1. The van der Waals surface area contributed by atoms with Crippen LogP contribution in [0.25, 0.3) is 17.1 Å². The number of nitrogens with zero attached hydrogens (tertiary/aromatic N) is 5. The van der Waals surface area contributed by atoms with Crippen LogP contribution < -0.4 is 25.2 Å². The first kappa shape index (κ1) is 35.9. The highest BCUT2D eigenvalue weighted by atomic mass is 35.5. The SMILES string of the molecule is CCC(NNC(=S)N=C1SCC(=O)N1c1cc(Cl)ccc1OCC(F)(F)F)c1ccc(-c2ncn(-c3ccc(OC(F)(F)F)cc3)n2)cc1. The quantitative estimate of drug-likeness (QED) is 0.0978. The number of alkyl halides is 6. The molecular formula is C30H24ClF6N7O3S2. The second-order valence-corrected chi connectivity index (χ2v) is 11.9. The summed E-state index contributed by atoms with van der Waals surface area (Å²) in [5.74, 6) is -0.642. The van der Waals surface area contributed by atoms with Crippen LogP contribution in [0, 0.1) is 0 Å². The van der Waals surface area contributed by atoms with Crippen molar-refractivity contribution in [1.82, 2.24) is 25.6 Å². The lowest BCUT2D eigenvalue weighted by atomic mass is 10.0. The van der Waals surface area contributed by atoms with Crippen LogP contribution in [0.2, 0.25) is 5.02 Å². The molecule has 0 radical (unpaired) electrons. The molecule has 10 nitrogen and oxygen atoms in total. The maximum atomic E-state index is 12.8. The third-order valence-corrected chi connectivity index (χ3v) is 8.03. The van der Waals surface area contributed by atoms with Gasteiger partial charge in [-0.15, -0.1) is 18.3 Å². The lowest BCUT2D eigenvalue weighted by Crippen LogP contribution is -2.39. The van der Waals surface area contributed by atoms with Crippen LogP contribution in [0.5, 0.6) is 11.5 Å². The molecule has 1 amide bonds. The average molecular weight is 744 g/mol. The number of halogens is 7. The van der Waals surface area contributed by atoms with E-state index in [9.17, 15) is 31.1 Å². The van der Waals surface area contributed by atoms with E-state index in [0.29, 0.717) is 23.5 Å². The largest absolute Gasteiger partial charge is 0.573 e. The highest BCUT2D eigenvalue weighted by Crippen LogP contribution is 2.37. The summed E-state index contributed by atoms with van der Waals surface area (Å²) in [4.78, 5) is 22.5. The molecule has 0 aliphatic carbocycles. The normalized spacial score (nSPS) is 15.1. The van der Waals surface area contributed by atoms with E-state index in [2.05, 4.69) is 30.7 Å². The van der Waals surface area contributed by atoms with E-state index in [1.165, 1.54) is 53.5 Å². The van der Waals surface area contributed by atoms with E-state index in [-0.39, 0.29) is 44.3 Å². The molecule has 1 atom stereocenters. The molecule has 1 aromatic heterocycles. The summed E-state index contributed by atoms with van der Waals surface area (Å²) in [5, 5.41) is 4.67. The van der Waals surface area contributed by atoms with Gasteiger partial charge in [0.05, 0.1) is 23.2 Å². The number of amidine groups is 1. The minimum Gasteiger partial charge on any atom is -0.482 e. The first-order valence-corrected chi connectivity index (χ1v) is 15.9. The van der Waals surface area contributed by atoms with E-state index < -0.39 is 25.1 Å². The Morgan fingerprint density at radius 2 is 1.80 bits per heavy atom. The van der Waals surface area contributed by atoms with Crippen molar-refractivity contribution in [3.63, 3.8) is 0 Å². The van der Waals surface area contributed by atoms with Crippen LogP contribution >= 0.6 is 35.6 Å². The van der Waals surface area contributed by atoms with Gasteiger partial charge in [-0.05, 0) is 66.7 Å². The molecule has 1 unspecified atom stereocenters. The fraction of sp³-hybridized carbons (Fsp3) is 0.233. The number of thioether (sulfide) groups is 1. The number of aromatic nitrogens is 3. The molecule has 258 valence electrons. The molecule has 49 heavy (non-hydrogen) atoms. The van der Waals surface area contributed by atoms with Gasteiger partial charge in [0.2, 0.25) is 11.0 Å². The molecule has 1 aliphatic heterocycles. The van der Waals surface area contributed by atoms with Crippen molar-refractivity contribution in [2.24, 2.45) is 4.99 Å². The molecule has 1 saturated heterocycles. The molecule has 0 bridgehead atoms. The number of amides is 1. The highest BCUT2D eigenvalue weighted by molar-refractivity contribution is 8.15. The van der Waals surface area contributed by atoms with Gasteiger partial charge in [-0.1, -0.05) is 54.6 Å². The number of nitrogens with one attached hydrogen (secondary N) is 2. The fourth-order valence-electron chi connectivity index (χ4n) is 4.50. The molecule has 5 rings (SSSR count). The smallest absolute Gasteiger partial charge is 0.482 e. The Labute approximate surface area is 289 Å². The molecule has 1 fully saturated rings. The number of hydrazine groups is 1. The number of aliphatic imine (C=N–C) groups is 1. The fourth-order valence-corrected chi connectivity index (χ4v) is 5.73. The van der Waals surface area contributed by atoms with E-state index in [1.807, 2.05) is 19.1 Å². The van der Waals surface area contributed by atoms with Crippen LogP contribution in [0.3, 0.4) is 0 Å². The summed E-state index contributed by atoms with van der Waals surface area (Å²) in [6, 6.07) is 16.2. The lowest BCUT2D eigenvalue weighted by molar-refractivity contribution is -0.274. The number of anilines is 1. The summed E-state index contributed by atoms with van der Waals surface area (Å²) >= 11 is 12.5. The number of carbonyl (C=O) groups excluding carboxylic acids is 1. The number of benzene rings is 3. The Morgan fingerprint density at radius 1 is 1.08 bits per heavy atom. The van der Waals surface area contributed by atoms with E-state index in [0.717, 1.165) is 22.2 Å². The standard InChI is InChI=1S/C30H24ClF6N7O3S2/c1-2-22(17-3-5-18(6-4-17)26-38-16-43(42-26)20-8-10-21(11-9-20)47-30(35,36)37)40-41-27(48)39-28-44(25(45)14-49-28)23-13-19(31)7-12-24(23)46-15-29(32,33)34/h3-13,16,22,40H,2,14-15H2,1H3,(H,41,48). The van der Waals surface area contributed by atoms with Crippen LogP contribution in [0.15, 0.2) is 78.0 Å². The second-order valence-electron chi connectivity index (χ2n) is 10.1. The van der Waals surface area contributed by atoms with Gasteiger partial charge >= 0.3 is 12.5 Å². The van der Waals surface area contributed by atoms with E-state index in [4.69, 9.17) is 28.6 Å². The van der Waals surface area contributed by atoms with Gasteiger partial charge in [-0.2, -0.15) is 18.2 Å². The predicted octanol–water partition coefficient (Wildman–Crippen LogP) is 7.39. The van der Waals surface area contributed by atoms with Crippen molar-refractivity contribution >= 4 is 57.5 Å². The van der Waals surface area contributed by atoms with Crippen LogP contribution in [0.4, 0.5) is 32.0 Å². The molecule has 0 spiro atoms. The van der Waals surface area contributed by atoms with Crippen molar-refractivity contribution in [3.8, 4) is 28.6 Å². The monoisotopic (exact) mass is 743 g/mol. The number of rotatable bonds is 10. The predicted molar refractivity (Wildman–Crippen MR) is 176 cm³/mol. The number of carbonyl (C=O) groups is 1. The van der Waals surface area contributed by atoms with Crippen molar-refractivity contribution < 1.29 is 40.6 Å². The first-order chi connectivity index (χ1) is 23.2. The molecular weight excluding hydrogens is 720 g/mol. The van der Waals surface area contributed by atoms with Crippen LogP contribution in [0.1, 0.15) is 24.9 Å². The highest BCUT2D eigenvalue weighted by Gasteiger charge is 2.34. The van der Waals surface area contributed by atoms with Crippen molar-refractivity contribution in [2.75, 3.05) is 17.3 Å². The second kappa shape index (κ2) is 15.0. The average Bonchev–Trinajstić information content (AvgIpc) is 3.67. The van der Waals surface area contributed by atoms with Gasteiger partial charge in [0.15, 0.2) is 17.6 Å². The van der Waals surface area contributed by atoms with Gasteiger partial charge in [0.1, 0.15) is 17.8 Å². The Morgan fingerprint density at radius 3 is 2.45 bits per heavy atom. The van der Waals surface area contributed by atoms with Crippen LogP contribution in [-0.2, 0) is 4.79 Å². The molecule has 19 heteroatoms.